The van der Waals surface area contributed by atoms with Crippen LogP contribution >= 0.6 is 0 Å². The molecule has 4 nitrogen and oxygen atoms in total. The lowest BCUT2D eigenvalue weighted by Crippen LogP contribution is -2.30. The first-order valence-electron chi connectivity index (χ1n) is 5.78. The van der Waals surface area contributed by atoms with Crippen molar-refractivity contribution in [3.8, 4) is 5.75 Å². The number of benzene rings is 1. The third-order valence-corrected chi connectivity index (χ3v) is 2.76. The van der Waals surface area contributed by atoms with Gasteiger partial charge in [-0.3, -0.25) is 5.41 Å². The van der Waals surface area contributed by atoms with E-state index in [1.54, 1.807) is 12.1 Å². The van der Waals surface area contributed by atoms with Crippen LogP contribution in [0, 0.1) is 5.41 Å². The Hall–Kier alpha value is -1.55. The molecule has 0 atom stereocenters. The number of nitrogens with zero attached hydrogens (tertiary/aromatic N) is 1. The average Bonchev–Trinajstić information content (AvgIpc) is 2.29. The Morgan fingerprint density at radius 3 is 2.41 bits per heavy atom. The van der Waals surface area contributed by atoms with E-state index in [1.165, 1.54) is 0 Å². The van der Waals surface area contributed by atoms with E-state index in [9.17, 15) is 0 Å². The van der Waals surface area contributed by atoms with Crippen LogP contribution in [-0.2, 0) is 0 Å². The molecule has 4 heteroatoms. The van der Waals surface area contributed by atoms with Gasteiger partial charge in [0.25, 0.3) is 0 Å². The molecule has 1 rings (SSSR count). The summed E-state index contributed by atoms with van der Waals surface area (Å²) in [6.07, 6.45) is 0. The topological polar surface area (TPSA) is 62.3 Å². The molecule has 0 amide bonds. The van der Waals surface area contributed by atoms with Gasteiger partial charge in [0.2, 0.25) is 0 Å². The van der Waals surface area contributed by atoms with Gasteiger partial charge in [0.1, 0.15) is 18.2 Å². The molecule has 0 bridgehead atoms. The summed E-state index contributed by atoms with van der Waals surface area (Å²) >= 11 is 0. The Kier molecular flexibility index (Phi) is 4.97. The van der Waals surface area contributed by atoms with Crippen LogP contribution in [0.15, 0.2) is 24.3 Å². The summed E-state index contributed by atoms with van der Waals surface area (Å²) in [5.41, 5.74) is 6.09. The van der Waals surface area contributed by atoms with Gasteiger partial charge in [-0.15, -0.1) is 0 Å². The maximum absolute atomic E-state index is 7.28. The predicted molar refractivity (Wildman–Crippen MR) is 70.7 cm³/mol. The van der Waals surface area contributed by atoms with Crippen molar-refractivity contribution in [3.05, 3.63) is 29.8 Å². The fourth-order valence-corrected chi connectivity index (χ4v) is 1.30. The first kappa shape index (κ1) is 13.5. The molecule has 17 heavy (non-hydrogen) atoms. The summed E-state index contributed by atoms with van der Waals surface area (Å²) in [7, 11) is 2.08. The Bertz CT molecular complexity index is 359. The summed E-state index contributed by atoms with van der Waals surface area (Å²) in [4.78, 5) is 2.23. The Balaban J connectivity index is 2.40. The Morgan fingerprint density at radius 1 is 1.35 bits per heavy atom. The zero-order valence-corrected chi connectivity index (χ0v) is 10.7. The second-order valence-electron chi connectivity index (χ2n) is 4.36. The van der Waals surface area contributed by atoms with Crippen molar-refractivity contribution in [2.24, 2.45) is 5.73 Å². The summed E-state index contributed by atoms with van der Waals surface area (Å²) in [6.45, 7) is 5.86. The lowest BCUT2D eigenvalue weighted by atomic mass is 10.2. The van der Waals surface area contributed by atoms with Crippen LogP contribution in [0.4, 0.5) is 0 Å². The number of nitrogen functional groups attached to an aromatic ring is 1. The van der Waals surface area contributed by atoms with E-state index < -0.39 is 0 Å². The third-order valence-electron chi connectivity index (χ3n) is 2.76. The van der Waals surface area contributed by atoms with Crippen molar-refractivity contribution >= 4 is 5.84 Å². The van der Waals surface area contributed by atoms with Gasteiger partial charge in [-0.2, -0.15) is 0 Å². The summed E-state index contributed by atoms with van der Waals surface area (Å²) in [6, 6.07) is 7.80. The number of amidine groups is 1. The van der Waals surface area contributed by atoms with Crippen LogP contribution < -0.4 is 10.5 Å². The molecule has 1 aromatic carbocycles. The summed E-state index contributed by atoms with van der Waals surface area (Å²) in [5, 5.41) is 7.28. The van der Waals surface area contributed by atoms with Crippen LogP contribution in [0.25, 0.3) is 0 Å². The molecule has 94 valence electrons. The molecule has 0 fully saturated rings. The van der Waals surface area contributed by atoms with Gasteiger partial charge >= 0.3 is 0 Å². The molecule has 0 aliphatic rings. The lowest BCUT2D eigenvalue weighted by molar-refractivity contribution is 0.208. The largest absolute Gasteiger partial charge is 0.492 e. The number of hydrogen-bond donors (Lipinski definition) is 2. The zero-order chi connectivity index (χ0) is 12.8. The lowest BCUT2D eigenvalue weighted by Gasteiger charge is -2.20. The third kappa shape index (κ3) is 4.44. The number of ether oxygens (including phenoxy) is 1. The summed E-state index contributed by atoms with van der Waals surface area (Å²) < 4.78 is 5.61. The fourth-order valence-electron chi connectivity index (χ4n) is 1.30. The zero-order valence-electron chi connectivity index (χ0n) is 10.7. The minimum absolute atomic E-state index is 0.0797. The Morgan fingerprint density at radius 2 is 1.94 bits per heavy atom. The molecule has 1 aromatic rings. The molecule has 0 aliphatic carbocycles. The number of likely N-dealkylation sites (N-methyl/N-ethyl adjacent to an activating group) is 1. The van der Waals surface area contributed by atoms with Gasteiger partial charge in [-0.05, 0) is 45.2 Å². The second kappa shape index (κ2) is 6.25. The van der Waals surface area contributed by atoms with E-state index in [0.29, 0.717) is 12.6 Å². The molecule has 0 spiro atoms. The van der Waals surface area contributed by atoms with Gasteiger partial charge in [0.05, 0.1) is 0 Å². The SMILES string of the molecule is CC(C)N(C)CCOc1ccc(C(=N)N)cc1. The van der Waals surface area contributed by atoms with E-state index in [0.717, 1.165) is 17.9 Å². The van der Waals surface area contributed by atoms with Crippen molar-refractivity contribution in [2.45, 2.75) is 19.9 Å². The van der Waals surface area contributed by atoms with E-state index in [-0.39, 0.29) is 5.84 Å². The molecule has 0 aliphatic heterocycles. The molecule has 0 radical (unpaired) electrons. The van der Waals surface area contributed by atoms with Crippen molar-refractivity contribution < 1.29 is 4.74 Å². The molecule has 0 unspecified atom stereocenters. The molecule has 0 saturated heterocycles. The predicted octanol–water partition coefficient (Wildman–Crippen LogP) is 1.69. The molecule has 0 aromatic heterocycles. The molecule has 0 saturated carbocycles. The molecule has 0 heterocycles. The number of nitrogens with one attached hydrogen (secondary N) is 1. The Labute approximate surface area is 103 Å². The van der Waals surface area contributed by atoms with E-state index in [1.807, 2.05) is 12.1 Å². The van der Waals surface area contributed by atoms with Crippen molar-refractivity contribution in [1.29, 1.82) is 5.41 Å². The number of rotatable bonds is 6. The van der Waals surface area contributed by atoms with Gasteiger partial charge in [0, 0.05) is 18.2 Å². The number of hydrogen-bond acceptors (Lipinski definition) is 3. The highest BCUT2D eigenvalue weighted by molar-refractivity contribution is 5.94. The monoisotopic (exact) mass is 235 g/mol. The van der Waals surface area contributed by atoms with Gasteiger partial charge < -0.3 is 15.4 Å². The maximum atomic E-state index is 7.28. The molecule has 3 N–H and O–H groups in total. The quantitative estimate of drug-likeness (QED) is 0.582. The van der Waals surface area contributed by atoms with Crippen LogP contribution in [0.5, 0.6) is 5.75 Å². The highest BCUT2D eigenvalue weighted by atomic mass is 16.5. The molecular weight excluding hydrogens is 214 g/mol. The highest BCUT2D eigenvalue weighted by Crippen LogP contribution is 2.11. The van der Waals surface area contributed by atoms with Crippen molar-refractivity contribution in [2.75, 3.05) is 20.2 Å². The van der Waals surface area contributed by atoms with E-state index in [2.05, 4.69) is 25.8 Å². The first-order chi connectivity index (χ1) is 8.00. The van der Waals surface area contributed by atoms with Crippen LogP contribution in [0.3, 0.4) is 0 Å². The van der Waals surface area contributed by atoms with Crippen LogP contribution in [0.2, 0.25) is 0 Å². The average molecular weight is 235 g/mol. The van der Waals surface area contributed by atoms with Gasteiger partial charge in [-0.25, -0.2) is 0 Å². The highest BCUT2D eigenvalue weighted by Gasteiger charge is 2.03. The normalized spacial score (nSPS) is 10.9. The van der Waals surface area contributed by atoms with Gasteiger partial charge in [0.15, 0.2) is 0 Å². The maximum Gasteiger partial charge on any atom is 0.122 e. The first-order valence-corrected chi connectivity index (χ1v) is 5.78. The minimum Gasteiger partial charge on any atom is -0.492 e. The standard InChI is InChI=1S/C13H21N3O/c1-10(2)16(3)8-9-17-12-6-4-11(5-7-12)13(14)15/h4-7,10H,8-9H2,1-3H3,(H3,14,15). The second-order valence-corrected chi connectivity index (χ2v) is 4.36. The van der Waals surface area contributed by atoms with Crippen LogP contribution in [0.1, 0.15) is 19.4 Å². The minimum atomic E-state index is 0.0797. The number of nitrogens with two attached hydrogens (primary N) is 1. The fraction of sp³-hybridized carbons (Fsp3) is 0.462. The van der Waals surface area contributed by atoms with E-state index >= 15 is 0 Å². The van der Waals surface area contributed by atoms with Crippen molar-refractivity contribution in [3.63, 3.8) is 0 Å². The smallest absolute Gasteiger partial charge is 0.122 e. The van der Waals surface area contributed by atoms with Crippen LogP contribution in [-0.4, -0.2) is 37.0 Å². The van der Waals surface area contributed by atoms with Gasteiger partial charge in [-0.1, -0.05) is 0 Å². The summed E-state index contributed by atoms with van der Waals surface area (Å²) in [5.74, 6) is 0.892. The van der Waals surface area contributed by atoms with E-state index in [4.69, 9.17) is 15.9 Å². The van der Waals surface area contributed by atoms with Crippen molar-refractivity contribution in [1.82, 2.24) is 4.90 Å². The molecular formula is C13H21N3O.